The summed E-state index contributed by atoms with van der Waals surface area (Å²) in [5.41, 5.74) is 1.60. The molecule has 0 aliphatic heterocycles. The van der Waals surface area contributed by atoms with Crippen LogP contribution in [0.4, 0.5) is 4.39 Å². The van der Waals surface area contributed by atoms with Gasteiger partial charge in [-0.2, -0.15) is 0 Å². The predicted octanol–water partition coefficient (Wildman–Crippen LogP) is 3.73. The third-order valence-corrected chi connectivity index (χ3v) is 3.87. The van der Waals surface area contributed by atoms with Crippen LogP contribution in [0.15, 0.2) is 18.2 Å². The summed E-state index contributed by atoms with van der Waals surface area (Å²) in [4.78, 5) is 4.43. The first-order valence-electron chi connectivity index (χ1n) is 7.06. The number of aromatic nitrogens is 2. The Morgan fingerprint density at radius 1 is 1.40 bits per heavy atom. The fraction of sp³-hybridized carbons (Fsp3) is 0.533. The van der Waals surface area contributed by atoms with Crippen LogP contribution in [0.5, 0.6) is 0 Å². The maximum atomic E-state index is 13.4. The van der Waals surface area contributed by atoms with Gasteiger partial charge in [0.15, 0.2) is 0 Å². The van der Waals surface area contributed by atoms with E-state index in [1.807, 2.05) is 4.57 Å². The van der Waals surface area contributed by atoms with Gasteiger partial charge in [-0.25, -0.2) is 9.37 Å². The molecule has 1 saturated carbocycles. The minimum Gasteiger partial charge on any atom is -0.381 e. The minimum atomic E-state index is -0.246. The smallest absolute Gasteiger partial charge is 0.125 e. The van der Waals surface area contributed by atoms with Gasteiger partial charge in [-0.1, -0.05) is 0 Å². The van der Waals surface area contributed by atoms with Crippen LogP contribution in [-0.4, -0.2) is 22.8 Å². The zero-order valence-electron chi connectivity index (χ0n) is 11.3. The standard InChI is InChI=1S/C15H18ClFN2O/c16-9-15-18-13-5-4-12(17)8-14(13)19(15)6-1-7-20-10-11-2-3-11/h4-5,8,11H,1-3,6-7,9-10H2. The van der Waals surface area contributed by atoms with E-state index in [4.69, 9.17) is 16.3 Å². The molecule has 1 aromatic carbocycles. The number of imidazole rings is 1. The highest BCUT2D eigenvalue weighted by Gasteiger charge is 2.20. The lowest BCUT2D eigenvalue weighted by Crippen LogP contribution is -2.07. The van der Waals surface area contributed by atoms with Gasteiger partial charge in [0.1, 0.15) is 11.6 Å². The molecular formula is C15H18ClFN2O. The van der Waals surface area contributed by atoms with Gasteiger partial charge >= 0.3 is 0 Å². The van der Waals surface area contributed by atoms with Crippen molar-refractivity contribution in [3.8, 4) is 0 Å². The van der Waals surface area contributed by atoms with E-state index in [-0.39, 0.29) is 5.82 Å². The minimum absolute atomic E-state index is 0.246. The van der Waals surface area contributed by atoms with E-state index in [1.165, 1.54) is 25.0 Å². The van der Waals surface area contributed by atoms with Gasteiger partial charge < -0.3 is 9.30 Å². The molecule has 20 heavy (non-hydrogen) atoms. The van der Waals surface area contributed by atoms with E-state index in [0.717, 1.165) is 49.0 Å². The van der Waals surface area contributed by atoms with Gasteiger partial charge in [-0.3, -0.25) is 0 Å². The molecule has 1 aliphatic rings. The maximum Gasteiger partial charge on any atom is 0.125 e. The average molecular weight is 297 g/mol. The van der Waals surface area contributed by atoms with Crippen molar-refractivity contribution in [1.29, 1.82) is 0 Å². The van der Waals surface area contributed by atoms with Gasteiger partial charge in [0.05, 0.1) is 16.9 Å². The third-order valence-electron chi connectivity index (χ3n) is 3.63. The zero-order chi connectivity index (χ0) is 13.9. The quantitative estimate of drug-likeness (QED) is 0.575. The summed E-state index contributed by atoms with van der Waals surface area (Å²) < 4.78 is 21.0. The molecule has 0 radical (unpaired) electrons. The molecule has 0 bridgehead atoms. The second kappa shape index (κ2) is 6.10. The molecule has 0 unspecified atom stereocenters. The predicted molar refractivity (Wildman–Crippen MR) is 77.4 cm³/mol. The maximum absolute atomic E-state index is 13.4. The first-order chi connectivity index (χ1) is 9.78. The van der Waals surface area contributed by atoms with E-state index >= 15 is 0 Å². The number of aryl methyl sites for hydroxylation is 1. The van der Waals surface area contributed by atoms with Gasteiger partial charge in [-0.15, -0.1) is 11.6 Å². The number of hydrogen-bond acceptors (Lipinski definition) is 2. The van der Waals surface area contributed by atoms with Crippen molar-refractivity contribution in [2.45, 2.75) is 31.7 Å². The van der Waals surface area contributed by atoms with E-state index < -0.39 is 0 Å². The summed E-state index contributed by atoms with van der Waals surface area (Å²) in [7, 11) is 0. The lowest BCUT2D eigenvalue weighted by molar-refractivity contribution is 0.119. The zero-order valence-corrected chi connectivity index (χ0v) is 12.1. The monoisotopic (exact) mass is 296 g/mol. The van der Waals surface area contributed by atoms with Crippen LogP contribution in [0.25, 0.3) is 11.0 Å². The number of halogens is 2. The Labute approximate surface area is 122 Å². The summed E-state index contributed by atoms with van der Waals surface area (Å²) in [6.07, 6.45) is 3.50. The summed E-state index contributed by atoms with van der Waals surface area (Å²) in [6.45, 7) is 2.36. The normalized spacial score (nSPS) is 15.1. The highest BCUT2D eigenvalue weighted by Crippen LogP contribution is 2.28. The van der Waals surface area contributed by atoms with Crippen LogP contribution >= 0.6 is 11.6 Å². The number of benzene rings is 1. The fourth-order valence-corrected chi connectivity index (χ4v) is 2.56. The van der Waals surface area contributed by atoms with E-state index in [1.54, 1.807) is 6.07 Å². The summed E-state index contributed by atoms with van der Waals surface area (Å²) in [6, 6.07) is 4.64. The molecule has 1 aliphatic carbocycles. The molecule has 1 fully saturated rings. The van der Waals surface area contributed by atoms with Crippen LogP contribution in [0.3, 0.4) is 0 Å². The average Bonchev–Trinajstić information content (AvgIpc) is 3.20. The van der Waals surface area contributed by atoms with Crippen molar-refractivity contribution in [2.24, 2.45) is 5.92 Å². The van der Waals surface area contributed by atoms with Crippen LogP contribution in [0, 0.1) is 11.7 Å². The molecule has 0 spiro atoms. The Balaban J connectivity index is 1.66. The third kappa shape index (κ3) is 3.13. The lowest BCUT2D eigenvalue weighted by atomic mass is 10.3. The molecule has 5 heteroatoms. The molecule has 3 nitrogen and oxygen atoms in total. The Morgan fingerprint density at radius 2 is 2.25 bits per heavy atom. The highest BCUT2D eigenvalue weighted by molar-refractivity contribution is 6.16. The largest absolute Gasteiger partial charge is 0.381 e. The number of fused-ring (bicyclic) bond motifs is 1. The van der Waals surface area contributed by atoms with Crippen molar-refractivity contribution < 1.29 is 9.13 Å². The summed E-state index contributed by atoms with van der Waals surface area (Å²) in [5, 5.41) is 0. The molecule has 0 saturated heterocycles. The molecule has 0 atom stereocenters. The van der Waals surface area contributed by atoms with Crippen molar-refractivity contribution in [1.82, 2.24) is 9.55 Å². The molecule has 1 heterocycles. The van der Waals surface area contributed by atoms with Crippen LogP contribution in [0.1, 0.15) is 25.1 Å². The molecule has 0 amide bonds. The Kier molecular flexibility index (Phi) is 4.22. The first-order valence-corrected chi connectivity index (χ1v) is 7.60. The fourth-order valence-electron chi connectivity index (χ4n) is 2.36. The molecule has 0 N–H and O–H groups in total. The van der Waals surface area contributed by atoms with E-state index in [9.17, 15) is 4.39 Å². The molecule has 3 rings (SSSR count). The summed E-state index contributed by atoms with van der Waals surface area (Å²) in [5.74, 6) is 1.66. The van der Waals surface area contributed by atoms with Crippen molar-refractivity contribution >= 4 is 22.6 Å². The van der Waals surface area contributed by atoms with Crippen LogP contribution < -0.4 is 0 Å². The first kappa shape index (κ1) is 13.8. The molecule has 1 aromatic heterocycles. The topological polar surface area (TPSA) is 27.1 Å². The molecule has 2 aromatic rings. The molecular weight excluding hydrogens is 279 g/mol. The van der Waals surface area contributed by atoms with Crippen molar-refractivity contribution in [3.63, 3.8) is 0 Å². The molecule has 108 valence electrons. The van der Waals surface area contributed by atoms with Gasteiger partial charge in [0, 0.05) is 19.8 Å². The number of hydrogen-bond donors (Lipinski definition) is 0. The SMILES string of the molecule is Fc1ccc2nc(CCl)n(CCCOCC3CC3)c2c1. The Hall–Kier alpha value is -1.13. The summed E-state index contributed by atoms with van der Waals surface area (Å²) >= 11 is 5.92. The van der Waals surface area contributed by atoms with Crippen LogP contribution in [-0.2, 0) is 17.2 Å². The van der Waals surface area contributed by atoms with Gasteiger partial charge in [-0.05, 0) is 43.4 Å². The Morgan fingerprint density at radius 3 is 3.00 bits per heavy atom. The van der Waals surface area contributed by atoms with Gasteiger partial charge in [0.25, 0.3) is 0 Å². The lowest BCUT2D eigenvalue weighted by Gasteiger charge is -2.08. The number of ether oxygens (including phenoxy) is 1. The van der Waals surface area contributed by atoms with Gasteiger partial charge in [0.2, 0.25) is 0 Å². The second-order valence-electron chi connectivity index (χ2n) is 5.32. The second-order valence-corrected chi connectivity index (χ2v) is 5.59. The highest BCUT2D eigenvalue weighted by atomic mass is 35.5. The van der Waals surface area contributed by atoms with E-state index in [0.29, 0.717) is 5.88 Å². The number of alkyl halides is 1. The van der Waals surface area contributed by atoms with Crippen molar-refractivity contribution in [2.75, 3.05) is 13.2 Å². The van der Waals surface area contributed by atoms with Crippen LogP contribution in [0.2, 0.25) is 0 Å². The Bertz CT molecular complexity index is 595. The number of rotatable bonds is 7. The number of nitrogens with zero attached hydrogens (tertiary/aromatic N) is 2. The van der Waals surface area contributed by atoms with E-state index in [2.05, 4.69) is 4.98 Å². The van der Waals surface area contributed by atoms with Crippen molar-refractivity contribution in [3.05, 3.63) is 29.8 Å².